The van der Waals surface area contributed by atoms with E-state index in [1.165, 1.54) is 29.8 Å². The van der Waals surface area contributed by atoms with Gasteiger partial charge in [-0.3, -0.25) is 4.98 Å². The Kier molecular flexibility index (Phi) is 5.36. The molecule has 2 heterocycles. The van der Waals surface area contributed by atoms with Crippen molar-refractivity contribution in [1.29, 1.82) is 0 Å². The molecule has 2 nitrogen and oxygen atoms in total. The van der Waals surface area contributed by atoms with E-state index in [9.17, 15) is 0 Å². The molecule has 0 saturated carbocycles. The first-order chi connectivity index (χ1) is 8.88. The Morgan fingerprint density at radius 1 is 1.28 bits per heavy atom. The lowest BCUT2D eigenvalue weighted by Gasteiger charge is -2.15. The van der Waals surface area contributed by atoms with E-state index in [0.717, 1.165) is 6.42 Å². The zero-order valence-electron chi connectivity index (χ0n) is 10.8. The first-order valence-electron chi connectivity index (χ1n) is 6.48. The fourth-order valence-corrected chi connectivity index (χ4v) is 2.85. The highest BCUT2D eigenvalue weighted by Crippen LogP contribution is 2.13. The lowest BCUT2D eigenvalue weighted by atomic mass is 10.0. The summed E-state index contributed by atoms with van der Waals surface area (Å²) in [5.74, 6) is 0. The van der Waals surface area contributed by atoms with E-state index in [1.807, 2.05) is 30.6 Å². The van der Waals surface area contributed by atoms with Crippen LogP contribution in [0.4, 0.5) is 0 Å². The Hall–Kier alpha value is -1.19. The summed E-state index contributed by atoms with van der Waals surface area (Å²) in [6.07, 6.45) is 6.51. The molecule has 0 aromatic carbocycles. The van der Waals surface area contributed by atoms with E-state index in [0.29, 0.717) is 6.04 Å². The molecule has 0 aliphatic heterocycles. The molecule has 2 aromatic heterocycles. The van der Waals surface area contributed by atoms with Gasteiger partial charge in [0.15, 0.2) is 0 Å². The molecule has 2 aromatic rings. The van der Waals surface area contributed by atoms with Gasteiger partial charge in [0.1, 0.15) is 0 Å². The fourth-order valence-electron chi connectivity index (χ4n) is 2.10. The van der Waals surface area contributed by atoms with Crippen molar-refractivity contribution in [2.24, 2.45) is 0 Å². The second-order valence-corrected chi connectivity index (χ2v) is 5.51. The van der Waals surface area contributed by atoms with Gasteiger partial charge < -0.3 is 5.32 Å². The van der Waals surface area contributed by atoms with Crippen LogP contribution in [0.25, 0.3) is 0 Å². The van der Waals surface area contributed by atoms with Crippen molar-refractivity contribution < 1.29 is 0 Å². The summed E-state index contributed by atoms with van der Waals surface area (Å²) in [4.78, 5) is 5.88. The highest BCUT2D eigenvalue weighted by molar-refractivity contribution is 7.09. The van der Waals surface area contributed by atoms with Crippen LogP contribution in [0.15, 0.2) is 41.9 Å². The first kappa shape index (κ1) is 13.2. The predicted octanol–water partition coefficient (Wildman–Crippen LogP) is 3.30. The van der Waals surface area contributed by atoms with Gasteiger partial charge in [-0.15, -0.1) is 11.3 Å². The lowest BCUT2D eigenvalue weighted by Crippen LogP contribution is -2.27. The van der Waals surface area contributed by atoms with Crippen molar-refractivity contribution >= 4 is 11.3 Å². The van der Waals surface area contributed by atoms with Gasteiger partial charge in [-0.1, -0.05) is 12.1 Å². The Labute approximate surface area is 113 Å². The average molecular weight is 260 g/mol. The molecule has 0 aliphatic carbocycles. The van der Waals surface area contributed by atoms with Crippen LogP contribution in [0.2, 0.25) is 0 Å². The quantitative estimate of drug-likeness (QED) is 0.826. The monoisotopic (exact) mass is 260 g/mol. The topological polar surface area (TPSA) is 24.9 Å². The van der Waals surface area contributed by atoms with Crippen molar-refractivity contribution in [1.82, 2.24) is 10.3 Å². The van der Waals surface area contributed by atoms with Crippen molar-refractivity contribution in [3.8, 4) is 0 Å². The van der Waals surface area contributed by atoms with Gasteiger partial charge in [-0.05, 0) is 49.9 Å². The van der Waals surface area contributed by atoms with Gasteiger partial charge in [-0.2, -0.15) is 0 Å². The SMILES string of the molecule is CNC(CCCc1cccs1)Cc1ccccn1. The number of aryl methyl sites for hydroxylation is 1. The third-order valence-corrected chi connectivity index (χ3v) is 4.08. The largest absolute Gasteiger partial charge is 0.317 e. The number of aromatic nitrogens is 1. The maximum atomic E-state index is 4.39. The Morgan fingerprint density at radius 3 is 2.89 bits per heavy atom. The smallest absolute Gasteiger partial charge is 0.0419 e. The summed E-state index contributed by atoms with van der Waals surface area (Å²) in [5, 5.41) is 5.55. The number of thiophene rings is 1. The van der Waals surface area contributed by atoms with Crippen LogP contribution in [-0.4, -0.2) is 18.1 Å². The van der Waals surface area contributed by atoms with Crippen molar-refractivity contribution in [3.05, 3.63) is 52.5 Å². The van der Waals surface area contributed by atoms with Gasteiger partial charge >= 0.3 is 0 Å². The molecule has 3 heteroatoms. The maximum absolute atomic E-state index is 4.39. The van der Waals surface area contributed by atoms with Crippen LogP contribution in [0.5, 0.6) is 0 Å². The van der Waals surface area contributed by atoms with Crippen molar-refractivity contribution in [2.45, 2.75) is 31.7 Å². The van der Waals surface area contributed by atoms with Crippen molar-refractivity contribution in [2.75, 3.05) is 7.05 Å². The maximum Gasteiger partial charge on any atom is 0.0419 e. The number of rotatable bonds is 7. The molecule has 0 aliphatic rings. The first-order valence-corrected chi connectivity index (χ1v) is 7.36. The van der Waals surface area contributed by atoms with Gasteiger partial charge in [0, 0.05) is 29.2 Å². The van der Waals surface area contributed by atoms with Crippen LogP contribution in [0.3, 0.4) is 0 Å². The van der Waals surface area contributed by atoms with E-state index in [-0.39, 0.29) is 0 Å². The number of hydrogen-bond donors (Lipinski definition) is 1. The van der Waals surface area contributed by atoms with Gasteiger partial charge in [0.25, 0.3) is 0 Å². The van der Waals surface area contributed by atoms with E-state index < -0.39 is 0 Å². The lowest BCUT2D eigenvalue weighted by molar-refractivity contribution is 0.498. The standard InChI is InChI=1S/C15H20N2S/c1-16-13(12-14-6-2-3-10-17-14)7-4-8-15-9-5-11-18-15/h2-3,5-6,9-11,13,16H,4,7-8,12H2,1H3. The van der Waals surface area contributed by atoms with E-state index in [4.69, 9.17) is 0 Å². The second kappa shape index (κ2) is 7.29. The van der Waals surface area contributed by atoms with Gasteiger partial charge in [0.2, 0.25) is 0 Å². The van der Waals surface area contributed by atoms with Gasteiger partial charge in [0.05, 0.1) is 0 Å². The van der Waals surface area contributed by atoms with Crippen molar-refractivity contribution in [3.63, 3.8) is 0 Å². The molecule has 0 fully saturated rings. The van der Waals surface area contributed by atoms with Crippen LogP contribution in [0.1, 0.15) is 23.4 Å². The molecule has 0 amide bonds. The van der Waals surface area contributed by atoms with E-state index in [1.54, 1.807) is 0 Å². The summed E-state index contributed by atoms with van der Waals surface area (Å²) in [7, 11) is 2.04. The number of nitrogens with zero attached hydrogens (tertiary/aromatic N) is 1. The summed E-state index contributed by atoms with van der Waals surface area (Å²) < 4.78 is 0. The normalized spacial score (nSPS) is 12.5. The number of pyridine rings is 1. The molecule has 1 atom stereocenters. The Morgan fingerprint density at radius 2 is 2.22 bits per heavy atom. The predicted molar refractivity (Wildman–Crippen MR) is 78.0 cm³/mol. The fraction of sp³-hybridized carbons (Fsp3) is 0.400. The van der Waals surface area contributed by atoms with Crippen LogP contribution in [0, 0.1) is 0 Å². The second-order valence-electron chi connectivity index (χ2n) is 4.48. The molecule has 0 spiro atoms. The van der Waals surface area contributed by atoms with Gasteiger partial charge in [-0.25, -0.2) is 0 Å². The zero-order valence-corrected chi connectivity index (χ0v) is 11.6. The molecule has 0 radical (unpaired) electrons. The summed E-state index contributed by atoms with van der Waals surface area (Å²) in [6.45, 7) is 0. The van der Waals surface area contributed by atoms with E-state index in [2.05, 4.69) is 39.9 Å². The van der Waals surface area contributed by atoms with Crippen LogP contribution in [-0.2, 0) is 12.8 Å². The molecule has 2 rings (SSSR count). The minimum atomic E-state index is 0.528. The minimum Gasteiger partial charge on any atom is -0.317 e. The summed E-state index contributed by atoms with van der Waals surface area (Å²) in [5.41, 5.74) is 1.17. The molecular weight excluding hydrogens is 240 g/mol. The molecule has 0 bridgehead atoms. The zero-order chi connectivity index (χ0) is 12.6. The molecule has 96 valence electrons. The summed E-state index contributed by atoms with van der Waals surface area (Å²) >= 11 is 1.85. The third-order valence-electron chi connectivity index (χ3n) is 3.15. The molecule has 1 N–H and O–H groups in total. The van der Waals surface area contributed by atoms with E-state index >= 15 is 0 Å². The molecule has 0 saturated heterocycles. The van der Waals surface area contributed by atoms with Crippen LogP contribution < -0.4 is 5.32 Å². The molecular formula is C15H20N2S. The highest BCUT2D eigenvalue weighted by Gasteiger charge is 2.07. The number of nitrogens with one attached hydrogen (secondary N) is 1. The minimum absolute atomic E-state index is 0.528. The Bertz CT molecular complexity index is 425. The molecule has 1 unspecified atom stereocenters. The third kappa shape index (κ3) is 4.24. The summed E-state index contributed by atoms with van der Waals surface area (Å²) in [6, 6.07) is 11.0. The van der Waals surface area contributed by atoms with Crippen LogP contribution >= 0.6 is 11.3 Å². The number of likely N-dealkylation sites (N-methyl/N-ethyl adjacent to an activating group) is 1. The average Bonchev–Trinajstić information content (AvgIpc) is 2.92. The molecule has 18 heavy (non-hydrogen) atoms. The number of hydrogen-bond acceptors (Lipinski definition) is 3. The Balaban J connectivity index is 1.75. The highest BCUT2D eigenvalue weighted by atomic mass is 32.1.